The molecule has 7 nitrogen and oxygen atoms in total. The summed E-state index contributed by atoms with van der Waals surface area (Å²) in [4.78, 5) is 9.00. The molecule has 0 unspecified atom stereocenters. The first kappa shape index (κ1) is 15.5. The minimum absolute atomic E-state index is 0.495. The predicted octanol–water partition coefficient (Wildman–Crippen LogP) is 1.17. The van der Waals surface area contributed by atoms with Gasteiger partial charge in [0.05, 0.1) is 18.1 Å². The molecule has 0 amide bonds. The summed E-state index contributed by atoms with van der Waals surface area (Å²) in [6.45, 7) is 3.28. The van der Waals surface area contributed by atoms with Gasteiger partial charge in [0.25, 0.3) is 5.97 Å². The SMILES string of the molecule is CC(=O)O.COCn1cc(NC2CCOCC2)cn1. The molecular weight excluding hydrogens is 250 g/mol. The molecule has 0 saturated carbocycles. The van der Waals surface area contributed by atoms with Crippen molar-refractivity contribution in [3.8, 4) is 0 Å². The van der Waals surface area contributed by atoms with Gasteiger partial charge >= 0.3 is 0 Å². The van der Waals surface area contributed by atoms with Gasteiger partial charge in [0.1, 0.15) is 6.73 Å². The van der Waals surface area contributed by atoms with Crippen LogP contribution in [0.15, 0.2) is 12.4 Å². The molecule has 7 heteroatoms. The molecule has 1 aliphatic heterocycles. The zero-order valence-electron chi connectivity index (χ0n) is 11.3. The van der Waals surface area contributed by atoms with Crippen molar-refractivity contribution >= 4 is 11.7 Å². The Balaban J connectivity index is 0.000000399. The van der Waals surface area contributed by atoms with E-state index in [-0.39, 0.29) is 0 Å². The van der Waals surface area contributed by atoms with Crippen molar-refractivity contribution in [3.05, 3.63) is 12.4 Å². The van der Waals surface area contributed by atoms with E-state index in [0.717, 1.165) is 38.7 Å². The van der Waals surface area contributed by atoms with E-state index in [2.05, 4.69) is 10.4 Å². The Morgan fingerprint density at radius 2 is 2.26 bits per heavy atom. The molecule has 0 atom stereocenters. The summed E-state index contributed by atoms with van der Waals surface area (Å²) in [5.41, 5.74) is 1.05. The molecular formula is C12H21N3O4. The fourth-order valence-corrected chi connectivity index (χ4v) is 1.72. The first-order chi connectivity index (χ1) is 9.11. The van der Waals surface area contributed by atoms with E-state index in [4.69, 9.17) is 19.4 Å². The molecule has 1 aromatic heterocycles. The minimum atomic E-state index is -0.833. The average Bonchev–Trinajstić information content (AvgIpc) is 2.78. The van der Waals surface area contributed by atoms with Crippen molar-refractivity contribution in [2.24, 2.45) is 0 Å². The van der Waals surface area contributed by atoms with E-state index in [0.29, 0.717) is 12.8 Å². The number of hydrogen-bond donors (Lipinski definition) is 2. The van der Waals surface area contributed by atoms with Gasteiger partial charge in [-0.15, -0.1) is 0 Å². The van der Waals surface area contributed by atoms with Gasteiger partial charge in [0.15, 0.2) is 0 Å². The lowest BCUT2D eigenvalue weighted by Gasteiger charge is -2.23. The number of hydrogen-bond acceptors (Lipinski definition) is 5. The van der Waals surface area contributed by atoms with Crippen LogP contribution in [0.4, 0.5) is 5.69 Å². The summed E-state index contributed by atoms with van der Waals surface area (Å²) in [7, 11) is 1.66. The van der Waals surface area contributed by atoms with E-state index in [1.54, 1.807) is 11.8 Å². The van der Waals surface area contributed by atoms with Crippen LogP contribution in [-0.4, -0.2) is 47.2 Å². The van der Waals surface area contributed by atoms with E-state index in [9.17, 15) is 0 Å². The standard InChI is InChI=1S/C10H17N3O2.C2H4O2/c1-14-8-13-7-10(6-11-13)12-9-2-4-15-5-3-9;1-2(3)4/h6-7,9,12H,2-5,8H2,1H3;1H3,(H,3,4). The molecule has 0 spiro atoms. The molecule has 2 heterocycles. The van der Waals surface area contributed by atoms with Crippen molar-refractivity contribution in [1.82, 2.24) is 9.78 Å². The highest BCUT2D eigenvalue weighted by Gasteiger charge is 2.13. The van der Waals surface area contributed by atoms with Crippen LogP contribution in [0.25, 0.3) is 0 Å². The first-order valence-corrected chi connectivity index (χ1v) is 6.17. The number of aromatic nitrogens is 2. The molecule has 0 aliphatic carbocycles. The number of nitrogens with zero attached hydrogens (tertiary/aromatic N) is 2. The minimum Gasteiger partial charge on any atom is -0.481 e. The smallest absolute Gasteiger partial charge is 0.300 e. The zero-order valence-corrected chi connectivity index (χ0v) is 11.3. The van der Waals surface area contributed by atoms with Gasteiger partial charge in [-0.3, -0.25) is 4.79 Å². The summed E-state index contributed by atoms with van der Waals surface area (Å²) in [6, 6.07) is 0.513. The number of carboxylic acids is 1. The second-order valence-electron chi connectivity index (χ2n) is 4.24. The second-order valence-corrected chi connectivity index (χ2v) is 4.24. The van der Waals surface area contributed by atoms with Crippen LogP contribution >= 0.6 is 0 Å². The van der Waals surface area contributed by atoms with Gasteiger partial charge in [-0.1, -0.05) is 0 Å². The highest BCUT2D eigenvalue weighted by Crippen LogP contribution is 2.14. The number of rotatable bonds is 4. The summed E-state index contributed by atoms with van der Waals surface area (Å²) in [6.07, 6.45) is 5.92. The number of carbonyl (C=O) groups is 1. The van der Waals surface area contributed by atoms with Gasteiger partial charge in [0, 0.05) is 33.3 Å². The van der Waals surface area contributed by atoms with Crippen molar-refractivity contribution < 1.29 is 19.4 Å². The number of anilines is 1. The van der Waals surface area contributed by atoms with E-state index in [1.165, 1.54) is 0 Å². The lowest BCUT2D eigenvalue weighted by molar-refractivity contribution is -0.134. The maximum Gasteiger partial charge on any atom is 0.300 e. The van der Waals surface area contributed by atoms with Crippen LogP contribution in [-0.2, 0) is 21.0 Å². The lowest BCUT2D eigenvalue weighted by Crippen LogP contribution is -2.27. The Hall–Kier alpha value is -1.60. The van der Waals surface area contributed by atoms with Gasteiger partial charge < -0.3 is 19.9 Å². The Morgan fingerprint density at radius 3 is 2.84 bits per heavy atom. The first-order valence-electron chi connectivity index (χ1n) is 6.17. The molecule has 19 heavy (non-hydrogen) atoms. The summed E-state index contributed by atoms with van der Waals surface area (Å²) in [5, 5.41) is 15.0. The molecule has 0 bridgehead atoms. The monoisotopic (exact) mass is 271 g/mol. The van der Waals surface area contributed by atoms with Crippen molar-refractivity contribution in [1.29, 1.82) is 0 Å². The number of aliphatic carboxylic acids is 1. The molecule has 0 aromatic carbocycles. The Bertz CT molecular complexity index is 371. The third-order valence-electron chi connectivity index (χ3n) is 2.49. The van der Waals surface area contributed by atoms with Crippen LogP contribution in [0.5, 0.6) is 0 Å². The molecule has 1 aliphatic rings. The molecule has 2 rings (SSSR count). The Labute approximate surface area is 112 Å². The Morgan fingerprint density at radius 1 is 1.63 bits per heavy atom. The molecule has 1 saturated heterocycles. The van der Waals surface area contributed by atoms with E-state index in [1.807, 2.05) is 12.4 Å². The fourth-order valence-electron chi connectivity index (χ4n) is 1.72. The molecule has 1 fully saturated rings. The third-order valence-corrected chi connectivity index (χ3v) is 2.49. The highest BCUT2D eigenvalue weighted by molar-refractivity contribution is 5.62. The lowest BCUT2D eigenvalue weighted by atomic mass is 10.1. The van der Waals surface area contributed by atoms with Crippen LogP contribution in [0, 0.1) is 0 Å². The van der Waals surface area contributed by atoms with E-state index < -0.39 is 5.97 Å². The van der Waals surface area contributed by atoms with Crippen molar-refractivity contribution in [2.75, 3.05) is 25.6 Å². The summed E-state index contributed by atoms with van der Waals surface area (Å²) >= 11 is 0. The topological polar surface area (TPSA) is 85.6 Å². The van der Waals surface area contributed by atoms with Gasteiger partial charge in [0.2, 0.25) is 0 Å². The Kier molecular flexibility index (Phi) is 6.91. The molecule has 2 N–H and O–H groups in total. The van der Waals surface area contributed by atoms with Gasteiger partial charge in [-0.2, -0.15) is 5.10 Å². The highest BCUT2D eigenvalue weighted by atomic mass is 16.5. The maximum absolute atomic E-state index is 9.00. The number of carboxylic acid groups (broad SMARTS) is 1. The van der Waals surface area contributed by atoms with Crippen LogP contribution < -0.4 is 5.32 Å². The molecule has 0 radical (unpaired) electrons. The van der Waals surface area contributed by atoms with Crippen molar-refractivity contribution in [2.45, 2.75) is 32.5 Å². The number of nitrogens with one attached hydrogen (secondary N) is 1. The quantitative estimate of drug-likeness (QED) is 0.855. The van der Waals surface area contributed by atoms with Gasteiger partial charge in [-0.25, -0.2) is 4.68 Å². The van der Waals surface area contributed by atoms with E-state index >= 15 is 0 Å². The molecule has 1 aromatic rings. The number of ether oxygens (including phenoxy) is 2. The molecule has 108 valence electrons. The van der Waals surface area contributed by atoms with Crippen LogP contribution in [0.2, 0.25) is 0 Å². The predicted molar refractivity (Wildman–Crippen MR) is 70.0 cm³/mol. The summed E-state index contributed by atoms with van der Waals surface area (Å²) in [5.74, 6) is -0.833. The zero-order chi connectivity index (χ0) is 14.1. The van der Waals surface area contributed by atoms with Crippen molar-refractivity contribution in [3.63, 3.8) is 0 Å². The summed E-state index contributed by atoms with van der Waals surface area (Å²) < 4.78 is 12.0. The third kappa shape index (κ3) is 6.78. The maximum atomic E-state index is 9.00. The fraction of sp³-hybridized carbons (Fsp3) is 0.667. The normalized spacial score (nSPS) is 15.5. The van der Waals surface area contributed by atoms with Crippen LogP contribution in [0.1, 0.15) is 19.8 Å². The largest absolute Gasteiger partial charge is 0.481 e. The second kappa shape index (κ2) is 8.49. The average molecular weight is 271 g/mol. The van der Waals surface area contributed by atoms with Gasteiger partial charge in [-0.05, 0) is 12.8 Å². The van der Waals surface area contributed by atoms with Crippen LogP contribution in [0.3, 0.4) is 0 Å². The number of methoxy groups -OCH3 is 1.